The number of carbonyl (C=O) groups is 1. The molecule has 174 valence electrons. The first-order valence-electron chi connectivity index (χ1n) is 11.4. The highest BCUT2D eigenvalue weighted by Gasteiger charge is 2.24. The Bertz CT molecular complexity index is 978. The molecule has 0 spiro atoms. The number of nitrogens with zero attached hydrogens (tertiary/aromatic N) is 3. The van der Waals surface area contributed by atoms with Gasteiger partial charge in [0.2, 0.25) is 15.9 Å². The number of amides is 1. The molecule has 3 rings (SSSR count). The van der Waals surface area contributed by atoms with E-state index in [2.05, 4.69) is 12.1 Å². The first kappa shape index (κ1) is 24.3. The number of carbonyl (C=O) groups excluding carboxylic acids is 1. The molecule has 1 fully saturated rings. The van der Waals surface area contributed by atoms with E-state index in [-0.39, 0.29) is 5.91 Å². The third-order valence-electron chi connectivity index (χ3n) is 6.05. The lowest BCUT2D eigenvalue weighted by molar-refractivity contribution is -0.130. The van der Waals surface area contributed by atoms with Crippen molar-refractivity contribution in [2.24, 2.45) is 0 Å². The first-order valence-corrected chi connectivity index (χ1v) is 12.8. The van der Waals surface area contributed by atoms with Gasteiger partial charge in [0.05, 0.1) is 4.90 Å². The van der Waals surface area contributed by atoms with Crippen LogP contribution in [-0.2, 0) is 27.8 Å². The molecule has 2 aromatic rings. The van der Waals surface area contributed by atoms with Gasteiger partial charge in [0, 0.05) is 52.9 Å². The molecule has 1 saturated heterocycles. The minimum absolute atomic E-state index is 0.0722. The van der Waals surface area contributed by atoms with E-state index in [4.69, 9.17) is 0 Å². The molecule has 32 heavy (non-hydrogen) atoms. The summed E-state index contributed by atoms with van der Waals surface area (Å²) < 4.78 is 27.4. The van der Waals surface area contributed by atoms with Crippen molar-refractivity contribution >= 4 is 21.6 Å². The molecule has 0 unspecified atom stereocenters. The van der Waals surface area contributed by atoms with E-state index >= 15 is 0 Å². The van der Waals surface area contributed by atoms with E-state index in [9.17, 15) is 13.2 Å². The average molecular weight is 458 g/mol. The predicted octanol–water partition coefficient (Wildman–Crippen LogP) is 3.91. The van der Waals surface area contributed by atoms with Crippen LogP contribution in [0.2, 0.25) is 0 Å². The standard InChI is InChI=1S/C25H35N3O3S/c1-26(2)23-13-8-22(9-14-23)20-27(3)25(29)17-12-21-10-15-24(16-11-21)32(30,31)28-18-6-4-5-7-19-28/h8-11,13-16H,4-7,12,17-20H2,1-3H3. The van der Waals surface area contributed by atoms with E-state index in [0.717, 1.165) is 42.5 Å². The van der Waals surface area contributed by atoms with Gasteiger partial charge in [-0.2, -0.15) is 4.31 Å². The summed E-state index contributed by atoms with van der Waals surface area (Å²) in [4.78, 5) is 16.7. The van der Waals surface area contributed by atoms with Crippen LogP contribution in [0.1, 0.15) is 43.2 Å². The predicted molar refractivity (Wildman–Crippen MR) is 129 cm³/mol. The lowest BCUT2D eigenvalue weighted by atomic mass is 10.1. The van der Waals surface area contributed by atoms with Gasteiger partial charge in [0.25, 0.3) is 0 Å². The maximum atomic E-state index is 12.9. The fraction of sp³-hybridized carbons (Fsp3) is 0.480. The molecular formula is C25H35N3O3S. The number of hydrogen-bond donors (Lipinski definition) is 0. The Labute approximate surface area is 192 Å². The quantitative estimate of drug-likeness (QED) is 0.603. The smallest absolute Gasteiger partial charge is 0.243 e. The molecule has 6 nitrogen and oxygen atoms in total. The Morgan fingerprint density at radius 1 is 0.844 bits per heavy atom. The molecule has 0 N–H and O–H groups in total. The molecule has 0 atom stereocenters. The van der Waals surface area contributed by atoms with Gasteiger partial charge in [-0.3, -0.25) is 4.79 Å². The van der Waals surface area contributed by atoms with Crippen molar-refractivity contribution in [3.63, 3.8) is 0 Å². The normalized spacial score (nSPS) is 15.2. The molecule has 1 heterocycles. The van der Waals surface area contributed by atoms with Crippen LogP contribution in [-0.4, -0.2) is 57.8 Å². The molecule has 0 saturated carbocycles. The van der Waals surface area contributed by atoms with Crippen LogP contribution in [0.5, 0.6) is 0 Å². The summed E-state index contributed by atoms with van der Waals surface area (Å²) in [5.41, 5.74) is 3.19. The van der Waals surface area contributed by atoms with Crippen molar-refractivity contribution in [2.45, 2.75) is 50.0 Å². The van der Waals surface area contributed by atoms with Gasteiger partial charge in [0.15, 0.2) is 0 Å². The van der Waals surface area contributed by atoms with Crippen molar-refractivity contribution in [2.75, 3.05) is 39.1 Å². The molecule has 1 aliphatic rings. The third-order valence-corrected chi connectivity index (χ3v) is 7.96. The van der Waals surface area contributed by atoms with Crippen LogP contribution in [0, 0.1) is 0 Å². The largest absolute Gasteiger partial charge is 0.378 e. The number of anilines is 1. The van der Waals surface area contributed by atoms with Crippen molar-refractivity contribution < 1.29 is 13.2 Å². The van der Waals surface area contributed by atoms with Gasteiger partial charge in [-0.1, -0.05) is 37.1 Å². The number of hydrogen-bond acceptors (Lipinski definition) is 4. The van der Waals surface area contributed by atoms with Crippen LogP contribution >= 0.6 is 0 Å². The van der Waals surface area contributed by atoms with E-state index < -0.39 is 10.0 Å². The van der Waals surface area contributed by atoms with E-state index in [0.29, 0.717) is 37.4 Å². The molecule has 1 aliphatic heterocycles. The van der Waals surface area contributed by atoms with Crippen LogP contribution in [0.25, 0.3) is 0 Å². The second-order valence-electron chi connectivity index (χ2n) is 8.77. The molecule has 0 aliphatic carbocycles. The summed E-state index contributed by atoms with van der Waals surface area (Å²) in [6.45, 7) is 1.77. The summed E-state index contributed by atoms with van der Waals surface area (Å²) in [6, 6.07) is 15.2. The van der Waals surface area contributed by atoms with Crippen molar-refractivity contribution in [3.8, 4) is 0 Å². The van der Waals surface area contributed by atoms with Crippen LogP contribution < -0.4 is 4.90 Å². The van der Waals surface area contributed by atoms with Crippen molar-refractivity contribution in [3.05, 3.63) is 59.7 Å². The third kappa shape index (κ3) is 6.33. The Kier molecular flexibility index (Phi) is 8.32. The fourth-order valence-corrected chi connectivity index (χ4v) is 5.48. The van der Waals surface area contributed by atoms with Crippen molar-refractivity contribution in [1.29, 1.82) is 0 Å². The summed E-state index contributed by atoms with van der Waals surface area (Å²) in [5, 5.41) is 0. The molecule has 2 aromatic carbocycles. The van der Waals surface area contributed by atoms with Gasteiger partial charge < -0.3 is 9.80 Å². The highest BCUT2D eigenvalue weighted by molar-refractivity contribution is 7.89. The number of benzene rings is 2. The highest BCUT2D eigenvalue weighted by atomic mass is 32.2. The Hall–Kier alpha value is -2.38. The van der Waals surface area contributed by atoms with E-state index in [1.54, 1.807) is 21.3 Å². The number of sulfonamides is 1. The highest BCUT2D eigenvalue weighted by Crippen LogP contribution is 2.21. The molecule has 0 radical (unpaired) electrons. The Morgan fingerprint density at radius 2 is 1.41 bits per heavy atom. The Morgan fingerprint density at radius 3 is 1.97 bits per heavy atom. The van der Waals surface area contributed by atoms with Gasteiger partial charge in [-0.25, -0.2) is 8.42 Å². The molecule has 0 aromatic heterocycles. The molecule has 7 heteroatoms. The minimum Gasteiger partial charge on any atom is -0.378 e. The lowest BCUT2D eigenvalue weighted by Crippen LogP contribution is -2.31. The van der Waals surface area contributed by atoms with E-state index in [1.165, 1.54) is 0 Å². The summed E-state index contributed by atoms with van der Waals surface area (Å²) in [5.74, 6) is 0.0722. The topological polar surface area (TPSA) is 60.9 Å². The van der Waals surface area contributed by atoms with Crippen LogP contribution in [0.3, 0.4) is 0 Å². The molecular weight excluding hydrogens is 422 g/mol. The zero-order valence-electron chi connectivity index (χ0n) is 19.5. The number of aryl methyl sites for hydroxylation is 1. The lowest BCUT2D eigenvalue weighted by Gasteiger charge is -2.20. The van der Waals surface area contributed by atoms with Gasteiger partial charge in [-0.05, 0) is 54.7 Å². The monoisotopic (exact) mass is 457 g/mol. The SMILES string of the molecule is CN(Cc1ccc(N(C)C)cc1)C(=O)CCc1ccc(S(=O)(=O)N2CCCCCC2)cc1. The summed E-state index contributed by atoms with van der Waals surface area (Å²) >= 11 is 0. The molecule has 1 amide bonds. The van der Waals surface area contributed by atoms with Gasteiger partial charge in [-0.15, -0.1) is 0 Å². The van der Waals surface area contributed by atoms with Gasteiger partial charge in [0.1, 0.15) is 0 Å². The van der Waals surface area contributed by atoms with Crippen molar-refractivity contribution in [1.82, 2.24) is 9.21 Å². The van der Waals surface area contributed by atoms with Gasteiger partial charge >= 0.3 is 0 Å². The van der Waals surface area contributed by atoms with E-state index in [1.807, 2.05) is 50.3 Å². The first-order chi connectivity index (χ1) is 15.3. The minimum atomic E-state index is -3.43. The second-order valence-corrected chi connectivity index (χ2v) is 10.7. The Balaban J connectivity index is 1.53. The summed E-state index contributed by atoms with van der Waals surface area (Å²) in [6.07, 6.45) is 5.01. The fourth-order valence-electron chi connectivity index (χ4n) is 3.96. The zero-order valence-corrected chi connectivity index (χ0v) is 20.3. The summed E-state index contributed by atoms with van der Waals surface area (Å²) in [7, 11) is 2.39. The zero-order chi connectivity index (χ0) is 23.1. The molecule has 0 bridgehead atoms. The van der Waals surface area contributed by atoms with Crippen LogP contribution in [0.15, 0.2) is 53.4 Å². The average Bonchev–Trinajstić information content (AvgIpc) is 3.08. The number of rotatable bonds is 8. The maximum Gasteiger partial charge on any atom is 0.243 e. The maximum absolute atomic E-state index is 12.9. The second kappa shape index (κ2) is 11.0. The van der Waals surface area contributed by atoms with Crippen LogP contribution in [0.4, 0.5) is 5.69 Å².